The Morgan fingerprint density at radius 1 is 1.24 bits per heavy atom. The number of nitrogens with zero attached hydrogens (tertiary/aromatic N) is 1. The van der Waals surface area contributed by atoms with E-state index in [1.165, 1.54) is 32.4 Å². The summed E-state index contributed by atoms with van der Waals surface area (Å²) < 4.78 is 14.2. The first-order valence-corrected chi connectivity index (χ1v) is 8.79. The summed E-state index contributed by atoms with van der Waals surface area (Å²) in [6, 6.07) is 6.48. The highest BCUT2D eigenvalue weighted by atomic mass is 79.9. The number of hydrogen-bond donors (Lipinski definition) is 1. The highest BCUT2D eigenvalue weighted by Gasteiger charge is 2.39. The third kappa shape index (κ3) is 3.26. The first-order chi connectivity index (χ1) is 10.0. The van der Waals surface area contributed by atoms with Gasteiger partial charge in [-0.05, 0) is 72.7 Å². The van der Waals surface area contributed by atoms with Gasteiger partial charge in [-0.1, -0.05) is 6.42 Å². The molecule has 116 valence electrons. The number of nitrogens with one attached hydrogen (secondary N) is 1. The average Bonchev–Trinajstić information content (AvgIpc) is 2.42. The molecule has 3 rings (SSSR count). The van der Waals surface area contributed by atoms with Crippen molar-refractivity contribution in [3.8, 4) is 0 Å². The SMILES string of the molecule is CC(C)N1CC2CCCC(C1)C2Nc1ccc(Br)c(F)c1. The van der Waals surface area contributed by atoms with Gasteiger partial charge < -0.3 is 10.2 Å². The minimum atomic E-state index is -0.190. The molecule has 1 saturated heterocycles. The van der Waals surface area contributed by atoms with E-state index < -0.39 is 0 Å². The van der Waals surface area contributed by atoms with E-state index in [1.54, 1.807) is 12.1 Å². The number of likely N-dealkylation sites (tertiary alicyclic amines) is 1. The number of halogens is 2. The van der Waals surface area contributed by atoms with Gasteiger partial charge in [0.2, 0.25) is 0 Å². The van der Waals surface area contributed by atoms with Crippen LogP contribution in [0.25, 0.3) is 0 Å². The summed E-state index contributed by atoms with van der Waals surface area (Å²) in [7, 11) is 0. The molecule has 1 aromatic rings. The van der Waals surface area contributed by atoms with E-state index >= 15 is 0 Å². The average molecular weight is 355 g/mol. The lowest BCUT2D eigenvalue weighted by Crippen LogP contribution is -2.56. The summed E-state index contributed by atoms with van der Waals surface area (Å²) in [4.78, 5) is 2.61. The van der Waals surface area contributed by atoms with E-state index in [2.05, 4.69) is 40.0 Å². The topological polar surface area (TPSA) is 15.3 Å². The van der Waals surface area contributed by atoms with Crippen LogP contribution in [0.4, 0.5) is 10.1 Å². The van der Waals surface area contributed by atoms with Gasteiger partial charge in [0.15, 0.2) is 0 Å². The fraction of sp³-hybridized carbons (Fsp3) is 0.647. The molecule has 1 saturated carbocycles. The number of benzene rings is 1. The van der Waals surface area contributed by atoms with Gasteiger partial charge in [0, 0.05) is 30.9 Å². The molecule has 21 heavy (non-hydrogen) atoms. The Morgan fingerprint density at radius 2 is 1.90 bits per heavy atom. The van der Waals surface area contributed by atoms with Gasteiger partial charge in [-0.15, -0.1) is 0 Å². The predicted molar refractivity (Wildman–Crippen MR) is 89.1 cm³/mol. The Balaban J connectivity index is 1.74. The van der Waals surface area contributed by atoms with Crippen LogP contribution in [0.2, 0.25) is 0 Å². The first kappa shape index (κ1) is 15.3. The largest absolute Gasteiger partial charge is 0.382 e. The van der Waals surface area contributed by atoms with Crippen LogP contribution in [0.15, 0.2) is 22.7 Å². The smallest absolute Gasteiger partial charge is 0.139 e. The number of fused-ring (bicyclic) bond motifs is 2. The summed E-state index contributed by atoms with van der Waals surface area (Å²) in [5, 5.41) is 3.62. The van der Waals surface area contributed by atoms with Crippen LogP contribution in [-0.2, 0) is 0 Å². The first-order valence-electron chi connectivity index (χ1n) is 8.00. The van der Waals surface area contributed by atoms with Gasteiger partial charge >= 0.3 is 0 Å². The molecule has 1 aliphatic carbocycles. The van der Waals surface area contributed by atoms with Crippen molar-refractivity contribution in [2.24, 2.45) is 11.8 Å². The molecule has 0 aromatic heterocycles. The molecule has 2 unspecified atom stereocenters. The van der Waals surface area contributed by atoms with E-state index in [9.17, 15) is 4.39 Å². The highest BCUT2D eigenvalue weighted by Crippen LogP contribution is 2.37. The third-order valence-corrected chi connectivity index (χ3v) is 5.73. The van der Waals surface area contributed by atoms with Crippen LogP contribution in [0.5, 0.6) is 0 Å². The van der Waals surface area contributed by atoms with E-state index in [0.29, 0.717) is 28.4 Å². The van der Waals surface area contributed by atoms with Gasteiger partial charge in [-0.2, -0.15) is 0 Å². The van der Waals surface area contributed by atoms with Gasteiger partial charge in [-0.3, -0.25) is 0 Å². The molecule has 2 nitrogen and oxygen atoms in total. The zero-order valence-corrected chi connectivity index (χ0v) is 14.4. The zero-order chi connectivity index (χ0) is 15.0. The van der Waals surface area contributed by atoms with Crippen molar-refractivity contribution < 1.29 is 4.39 Å². The standard InChI is InChI=1S/C17H24BrFN2/c1-11(2)21-9-12-4-3-5-13(10-21)17(12)20-14-6-7-15(18)16(19)8-14/h6-8,11-13,17,20H,3-5,9-10H2,1-2H3. The predicted octanol–water partition coefficient (Wildman–Crippen LogP) is 4.51. The maximum absolute atomic E-state index is 13.7. The molecule has 0 amide bonds. The van der Waals surface area contributed by atoms with E-state index in [4.69, 9.17) is 0 Å². The number of piperidine rings is 1. The number of rotatable bonds is 3. The van der Waals surface area contributed by atoms with Crippen molar-refractivity contribution in [1.29, 1.82) is 0 Å². The lowest BCUT2D eigenvalue weighted by Gasteiger charge is -2.49. The van der Waals surface area contributed by atoms with Crippen molar-refractivity contribution in [2.45, 2.75) is 45.2 Å². The van der Waals surface area contributed by atoms with Gasteiger partial charge in [0.1, 0.15) is 5.82 Å². The molecule has 1 N–H and O–H groups in total. The summed E-state index contributed by atoms with van der Waals surface area (Å²) in [5.74, 6) is 1.18. The van der Waals surface area contributed by atoms with E-state index in [1.807, 2.05) is 6.07 Å². The second-order valence-corrected chi connectivity index (χ2v) is 7.65. The molecular formula is C17H24BrFN2. The molecule has 2 atom stereocenters. The summed E-state index contributed by atoms with van der Waals surface area (Å²) in [6.07, 6.45) is 3.92. The lowest BCUT2D eigenvalue weighted by atomic mass is 9.73. The fourth-order valence-corrected chi connectivity index (χ4v) is 4.16. The van der Waals surface area contributed by atoms with Gasteiger partial charge in [-0.25, -0.2) is 4.39 Å². The van der Waals surface area contributed by atoms with E-state index in [-0.39, 0.29) is 5.82 Å². The van der Waals surface area contributed by atoms with Crippen LogP contribution in [0.1, 0.15) is 33.1 Å². The molecule has 2 aliphatic rings. The summed E-state index contributed by atoms with van der Waals surface area (Å²) in [5.41, 5.74) is 0.913. The normalized spacial score (nSPS) is 29.7. The van der Waals surface area contributed by atoms with Crippen molar-refractivity contribution in [2.75, 3.05) is 18.4 Å². The zero-order valence-electron chi connectivity index (χ0n) is 12.8. The van der Waals surface area contributed by atoms with Crippen LogP contribution in [-0.4, -0.2) is 30.1 Å². The second kappa shape index (κ2) is 6.25. The fourth-order valence-electron chi connectivity index (χ4n) is 3.91. The minimum absolute atomic E-state index is 0.190. The van der Waals surface area contributed by atoms with Crippen molar-refractivity contribution in [3.63, 3.8) is 0 Å². The Hall–Kier alpha value is -0.610. The van der Waals surface area contributed by atoms with Crippen LogP contribution in [0, 0.1) is 17.7 Å². The third-order valence-electron chi connectivity index (χ3n) is 5.09. The van der Waals surface area contributed by atoms with Crippen LogP contribution >= 0.6 is 15.9 Å². The molecule has 0 radical (unpaired) electrons. The molecular weight excluding hydrogens is 331 g/mol. The molecule has 4 heteroatoms. The maximum atomic E-state index is 13.7. The molecule has 1 aromatic carbocycles. The Labute approximate surface area is 135 Å². The Morgan fingerprint density at radius 3 is 2.48 bits per heavy atom. The lowest BCUT2D eigenvalue weighted by molar-refractivity contribution is 0.0518. The van der Waals surface area contributed by atoms with Crippen LogP contribution < -0.4 is 5.32 Å². The Bertz CT molecular complexity index is 492. The minimum Gasteiger partial charge on any atom is -0.382 e. The quantitative estimate of drug-likeness (QED) is 0.858. The van der Waals surface area contributed by atoms with Gasteiger partial charge in [0.05, 0.1) is 4.47 Å². The molecule has 1 heterocycles. The number of hydrogen-bond acceptors (Lipinski definition) is 2. The highest BCUT2D eigenvalue weighted by molar-refractivity contribution is 9.10. The van der Waals surface area contributed by atoms with Gasteiger partial charge in [0.25, 0.3) is 0 Å². The van der Waals surface area contributed by atoms with Crippen LogP contribution in [0.3, 0.4) is 0 Å². The molecule has 1 aliphatic heterocycles. The maximum Gasteiger partial charge on any atom is 0.139 e. The second-order valence-electron chi connectivity index (χ2n) is 6.80. The number of anilines is 1. The van der Waals surface area contributed by atoms with E-state index in [0.717, 1.165) is 5.69 Å². The summed E-state index contributed by atoms with van der Waals surface area (Å²) in [6.45, 7) is 6.91. The van der Waals surface area contributed by atoms with Crippen molar-refractivity contribution in [1.82, 2.24) is 4.90 Å². The molecule has 0 spiro atoms. The Kier molecular flexibility index (Phi) is 4.55. The summed E-state index contributed by atoms with van der Waals surface area (Å²) >= 11 is 3.22. The van der Waals surface area contributed by atoms with Crippen molar-refractivity contribution in [3.05, 3.63) is 28.5 Å². The monoisotopic (exact) mass is 354 g/mol. The molecule has 2 bridgehead atoms. The van der Waals surface area contributed by atoms with Crippen molar-refractivity contribution >= 4 is 21.6 Å². The molecule has 2 fully saturated rings.